The Morgan fingerprint density at radius 1 is 1.19 bits per heavy atom. The van der Waals surface area contributed by atoms with Gasteiger partial charge in [0, 0.05) is 18.3 Å². The minimum Gasteiger partial charge on any atom is -0.503 e. The van der Waals surface area contributed by atoms with E-state index in [1.165, 1.54) is 17.7 Å². The Bertz CT molecular complexity index is 649. The summed E-state index contributed by atoms with van der Waals surface area (Å²) in [7, 11) is 0. The smallest absolute Gasteiger partial charge is 0.187 e. The zero-order valence-corrected chi connectivity index (χ0v) is 11.8. The van der Waals surface area contributed by atoms with Crippen molar-refractivity contribution in [2.24, 2.45) is 0 Å². The molecule has 0 saturated carbocycles. The third kappa shape index (κ3) is 2.58. The van der Waals surface area contributed by atoms with Crippen LogP contribution < -0.4 is 4.90 Å². The van der Waals surface area contributed by atoms with E-state index < -0.39 is 17.4 Å². The van der Waals surface area contributed by atoms with E-state index in [2.05, 4.69) is 17.9 Å². The molecule has 0 amide bonds. The van der Waals surface area contributed by atoms with E-state index in [-0.39, 0.29) is 0 Å². The Labute approximate surface area is 122 Å². The molecule has 3 rings (SSSR count). The average Bonchev–Trinajstić information content (AvgIpc) is 2.47. The molecule has 2 aromatic carbocycles. The molecule has 2 aromatic rings. The number of aryl methyl sites for hydroxylation is 1. The van der Waals surface area contributed by atoms with E-state index in [1.54, 1.807) is 0 Å². The molecule has 1 unspecified atom stereocenters. The Morgan fingerprint density at radius 2 is 1.86 bits per heavy atom. The normalized spacial score (nSPS) is 17.7. The molecule has 0 spiro atoms. The number of halogens is 2. The first-order chi connectivity index (χ1) is 10.1. The molecule has 110 valence electrons. The van der Waals surface area contributed by atoms with Crippen LogP contribution in [0.4, 0.5) is 14.5 Å². The van der Waals surface area contributed by atoms with Gasteiger partial charge >= 0.3 is 0 Å². The number of para-hydroxylation sites is 1. The van der Waals surface area contributed by atoms with Gasteiger partial charge in [0.25, 0.3) is 0 Å². The number of nitrogens with zero attached hydrogens (tertiary/aromatic N) is 1. The first-order valence-electron chi connectivity index (χ1n) is 7.07. The van der Waals surface area contributed by atoms with Crippen LogP contribution in [0.15, 0.2) is 36.4 Å². The van der Waals surface area contributed by atoms with E-state index in [4.69, 9.17) is 0 Å². The third-order valence-corrected chi connectivity index (χ3v) is 4.09. The Balaban J connectivity index is 1.94. The lowest BCUT2D eigenvalue weighted by molar-refractivity contribution is 0.395. The summed E-state index contributed by atoms with van der Waals surface area (Å²) in [5.41, 5.74) is 2.90. The number of rotatable bonds is 2. The lowest BCUT2D eigenvalue weighted by Crippen LogP contribution is -2.36. The second-order valence-corrected chi connectivity index (χ2v) is 5.55. The molecule has 0 aromatic heterocycles. The molecule has 1 N–H and O–H groups in total. The molecule has 1 atom stereocenters. The van der Waals surface area contributed by atoms with Gasteiger partial charge in [-0.05, 0) is 49.1 Å². The van der Waals surface area contributed by atoms with E-state index in [0.29, 0.717) is 18.2 Å². The van der Waals surface area contributed by atoms with Crippen molar-refractivity contribution in [2.45, 2.75) is 32.4 Å². The van der Waals surface area contributed by atoms with Crippen LogP contribution in [-0.2, 0) is 13.0 Å². The molecule has 0 radical (unpaired) electrons. The highest BCUT2D eigenvalue weighted by molar-refractivity contribution is 5.56. The Kier molecular flexibility index (Phi) is 3.53. The molecule has 0 aliphatic carbocycles. The van der Waals surface area contributed by atoms with Crippen LogP contribution in [0.5, 0.6) is 5.75 Å². The van der Waals surface area contributed by atoms with Crippen molar-refractivity contribution in [3.05, 3.63) is 59.2 Å². The molecular formula is C17H17F2NO. The first-order valence-corrected chi connectivity index (χ1v) is 7.07. The van der Waals surface area contributed by atoms with Crippen LogP contribution >= 0.6 is 0 Å². The summed E-state index contributed by atoms with van der Waals surface area (Å²) in [6.45, 7) is 2.54. The van der Waals surface area contributed by atoms with Gasteiger partial charge in [0.1, 0.15) is 0 Å². The highest BCUT2D eigenvalue weighted by Crippen LogP contribution is 2.32. The standard InChI is InChI=1S/C17H17F2NO/c1-11-6-7-13-4-2-3-5-16(13)20(11)10-12-8-14(18)17(21)15(19)9-12/h2-5,8-9,11,21H,6-7,10H2,1H3. The van der Waals surface area contributed by atoms with Crippen LogP contribution in [0.3, 0.4) is 0 Å². The molecule has 1 heterocycles. The van der Waals surface area contributed by atoms with Crippen LogP contribution in [-0.4, -0.2) is 11.1 Å². The van der Waals surface area contributed by atoms with Crippen molar-refractivity contribution in [1.82, 2.24) is 0 Å². The summed E-state index contributed by atoms with van der Waals surface area (Å²) in [6, 6.07) is 10.8. The van der Waals surface area contributed by atoms with Gasteiger partial charge in [-0.15, -0.1) is 0 Å². The fourth-order valence-corrected chi connectivity index (χ4v) is 2.91. The van der Waals surface area contributed by atoms with Gasteiger partial charge in [-0.1, -0.05) is 18.2 Å². The minimum atomic E-state index is -0.914. The summed E-state index contributed by atoms with van der Waals surface area (Å²) >= 11 is 0. The zero-order chi connectivity index (χ0) is 15.0. The van der Waals surface area contributed by atoms with Crippen molar-refractivity contribution < 1.29 is 13.9 Å². The lowest BCUT2D eigenvalue weighted by atomic mass is 9.96. The van der Waals surface area contributed by atoms with Crippen LogP contribution in [0, 0.1) is 11.6 Å². The lowest BCUT2D eigenvalue weighted by Gasteiger charge is -2.37. The van der Waals surface area contributed by atoms with Gasteiger partial charge < -0.3 is 10.0 Å². The molecule has 1 aliphatic heterocycles. The number of hydrogen-bond donors (Lipinski definition) is 1. The highest BCUT2D eigenvalue weighted by atomic mass is 19.1. The van der Waals surface area contributed by atoms with E-state index in [9.17, 15) is 13.9 Å². The molecule has 21 heavy (non-hydrogen) atoms. The predicted octanol–water partition coefficient (Wildman–Crippen LogP) is 4.01. The number of aromatic hydroxyl groups is 1. The van der Waals surface area contributed by atoms with Crippen molar-refractivity contribution >= 4 is 5.69 Å². The van der Waals surface area contributed by atoms with E-state index in [1.807, 2.05) is 18.2 Å². The topological polar surface area (TPSA) is 23.5 Å². The second-order valence-electron chi connectivity index (χ2n) is 5.55. The quantitative estimate of drug-likeness (QED) is 0.903. The van der Waals surface area contributed by atoms with Crippen molar-refractivity contribution in [3.63, 3.8) is 0 Å². The molecule has 1 aliphatic rings. The Hall–Kier alpha value is -2.10. The van der Waals surface area contributed by atoms with Crippen molar-refractivity contribution in [2.75, 3.05) is 4.90 Å². The number of fused-ring (bicyclic) bond motifs is 1. The summed E-state index contributed by atoms with van der Waals surface area (Å²) in [6.07, 6.45) is 2.03. The molecule has 0 fully saturated rings. The number of hydrogen-bond acceptors (Lipinski definition) is 2. The average molecular weight is 289 g/mol. The van der Waals surface area contributed by atoms with Gasteiger partial charge in [0.2, 0.25) is 0 Å². The fourth-order valence-electron chi connectivity index (χ4n) is 2.91. The molecule has 2 nitrogen and oxygen atoms in total. The maximum absolute atomic E-state index is 13.5. The van der Waals surface area contributed by atoms with Gasteiger partial charge in [-0.2, -0.15) is 0 Å². The largest absolute Gasteiger partial charge is 0.503 e. The van der Waals surface area contributed by atoms with Gasteiger partial charge in [-0.25, -0.2) is 8.78 Å². The van der Waals surface area contributed by atoms with Gasteiger partial charge in [0.15, 0.2) is 17.4 Å². The Morgan fingerprint density at radius 3 is 2.57 bits per heavy atom. The minimum absolute atomic E-state index is 0.305. The maximum Gasteiger partial charge on any atom is 0.187 e. The van der Waals surface area contributed by atoms with Gasteiger partial charge in [-0.3, -0.25) is 0 Å². The first kappa shape index (κ1) is 13.9. The predicted molar refractivity (Wildman–Crippen MR) is 78.4 cm³/mol. The monoisotopic (exact) mass is 289 g/mol. The van der Waals surface area contributed by atoms with Gasteiger partial charge in [0.05, 0.1) is 0 Å². The summed E-state index contributed by atoms with van der Waals surface area (Å²) < 4.78 is 27.0. The molecular weight excluding hydrogens is 272 g/mol. The summed E-state index contributed by atoms with van der Waals surface area (Å²) in [5.74, 6) is -2.74. The van der Waals surface area contributed by atoms with Crippen molar-refractivity contribution in [3.8, 4) is 5.75 Å². The van der Waals surface area contributed by atoms with E-state index >= 15 is 0 Å². The summed E-state index contributed by atoms with van der Waals surface area (Å²) in [4.78, 5) is 2.16. The second kappa shape index (κ2) is 5.35. The number of phenols is 1. The number of benzene rings is 2. The highest BCUT2D eigenvalue weighted by Gasteiger charge is 2.23. The molecule has 4 heteroatoms. The molecule has 0 saturated heterocycles. The maximum atomic E-state index is 13.5. The van der Waals surface area contributed by atoms with Crippen LogP contribution in [0.25, 0.3) is 0 Å². The molecule has 0 bridgehead atoms. The number of anilines is 1. The van der Waals surface area contributed by atoms with Crippen LogP contribution in [0.2, 0.25) is 0 Å². The number of phenolic OH excluding ortho intramolecular Hbond substituents is 1. The SMILES string of the molecule is CC1CCc2ccccc2N1Cc1cc(F)c(O)c(F)c1. The zero-order valence-electron chi connectivity index (χ0n) is 11.8. The van der Waals surface area contributed by atoms with E-state index in [0.717, 1.165) is 18.5 Å². The van der Waals surface area contributed by atoms with Crippen LogP contribution in [0.1, 0.15) is 24.5 Å². The third-order valence-electron chi connectivity index (χ3n) is 4.09. The summed E-state index contributed by atoms with van der Waals surface area (Å²) in [5, 5.41) is 9.18. The van der Waals surface area contributed by atoms with Crippen molar-refractivity contribution in [1.29, 1.82) is 0 Å². The fraction of sp³-hybridized carbons (Fsp3) is 0.294.